The van der Waals surface area contributed by atoms with E-state index in [2.05, 4.69) is 17.4 Å². The summed E-state index contributed by atoms with van der Waals surface area (Å²) in [6.45, 7) is 2.50. The fourth-order valence-electron chi connectivity index (χ4n) is 3.37. The Hall–Kier alpha value is -2.56. The third-order valence-electron chi connectivity index (χ3n) is 4.73. The van der Waals surface area contributed by atoms with E-state index in [1.165, 1.54) is 18.1 Å². The lowest BCUT2D eigenvalue weighted by Crippen LogP contribution is -2.52. The molecule has 2 aromatic rings. The molecule has 2 heterocycles. The Morgan fingerprint density at radius 3 is 2.76 bits per heavy atom. The van der Waals surface area contributed by atoms with Gasteiger partial charge in [0.05, 0.1) is 11.8 Å². The highest BCUT2D eigenvalue weighted by Crippen LogP contribution is 2.21. The summed E-state index contributed by atoms with van der Waals surface area (Å²) in [7, 11) is 0. The molecule has 0 saturated carbocycles. The predicted octanol–water partition coefficient (Wildman–Crippen LogP) is 3.02. The summed E-state index contributed by atoms with van der Waals surface area (Å²) in [6, 6.07) is 11.5. The van der Waals surface area contributed by atoms with E-state index in [0.29, 0.717) is 5.56 Å². The second-order valence-corrected chi connectivity index (χ2v) is 6.58. The first-order chi connectivity index (χ1) is 12.1. The van der Waals surface area contributed by atoms with Crippen LogP contribution in [0.4, 0.5) is 0 Å². The van der Waals surface area contributed by atoms with Crippen molar-refractivity contribution in [3.8, 4) is 0 Å². The second kappa shape index (κ2) is 8.01. The van der Waals surface area contributed by atoms with Gasteiger partial charge >= 0.3 is 0 Å². The molecule has 132 valence electrons. The van der Waals surface area contributed by atoms with Gasteiger partial charge in [0.1, 0.15) is 12.3 Å². The number of furan rings is 1. The van der Waals surface area contributed by atoms with Crippen molar-refractivity contribution in [2.75, 3.05) is 6.54 Å². The van der Waals surface area contributed by atoms with Crippen LogP contribution >= 0.6 is 0 Å². The van der Waals surface area contributed by atoms with Crippen LogP contribution in [-0.2, 0) is 11.2 Å². The number of piperidine rings is 1. The number of amides is 2. The zero-order valence-corrected chi connectivity index (χ0v) is 14.5. The zero-order valence-electron chi connectivity index (χ0n) is 14.5. The number of nitrogens with zero attached hydrogens (tertiary/aromatic N) is 1. The molecule has 2 unspecified atom stereocenters. The standard InChI is InChI=1S/C20H24N2O3/c1-15(21-19(23)17-10-12-25-14-17)20(24)22-11-6-5-9-18(22)13-16-7-3-2-4-8-16/h2-4,7-8,10,12,14-15,18H,5-6,9,11,13H2,1H3,(H,21,23). The Bertz CT molecular complexity index is 697. The topological polar surface area (TPSA) is 62.6 Å². The zero-order chi connectivity index (χ0) is 17.6. The van der Waals surface area contributed by atoms with Gasteiger partial charge in [-0.1, -0.05) is 30.3 Å². The smallest absolute Gasteiger partial charge is 0.255 e. The third-order valence-corrected chi connectivity index (χ3v) is 4.73. The van der Waals surface area contributed by atoms with Crippen LogP contribution in [0.1, 0.15) is 42.1 Å². The van der Waals surface area contributed by atoms with Crippen molar-refractivity contribution in [3.05, 3.63) is 60.1 Å². The van der Waals surface area contributed by atoms with Gasteiger partial charge in [-0.2, -0.15) is 0 Å². The van der Waals surface area contributed by atoms with Crippen molar-refractivity contribution in [2.45, 2.75) is 44.7 Å². The molecule has 0 spiro atoms. The van der Waals surface area contributed by atoms with E-state index in [4.69, 9.17) is 4.42 Å². The van der Waals surface area contributed by atoms with Gasteiger partial charge in [0.15, 0.2) is 0 Å². The Morgan fingerprint density at radius 2 is 2.04 bits per heavy atom. The van der Waals surface area contributed by atoms with Crippen molar-refractivity contribution in [2.24, 2.45) is 0 Å². The van der Waals surface area contributed by atoms with Gasteiger partial charge in [0.2, 0.25) is 5.91 Å². The van der Waals surface area contributed by atoms with Gasteiger partial charge in [-0.15, -0.1) is 0 Å². The second-order valence-electron chi connectivity index (χ2n) is 6.58. The van der Waals surface area contributed by atoms with Gasteiger partial charge in [-0.3, -0.25) is 9.59 Å². The van der Waals surface area contributed by atoms with Crippen LogP contribution in [0.5, 0.6) is 0 Å². The maximum Gasteiger partial charge on any atom is 0.255 e. The summed E-state index contributed by atoms with van der Waals surface area (Å²) in [5.41, 5.74) is 1.67. The van der Waals surface area contributed by atoms with Crippen LogP contribution in [0.15, 0.2) is 53.3 Å². The highest BCUT2D eigenvalue weighted by molar-refractivity contribution is 5.97. The van der Waals surface area contributed by atoms with Crippen LogP contribution in [0.3, 0.4) is 0 Å². The molecular weight excluding hydrogens is 316 g/mol. The molecule has 5 heteroatoms. The molecule has 2 amide bonds. The van der Waals surface area contributed by atoms with Gasteiger partial charge in [0.25, 0.3) is 5.91 Å². The van der Waals surface area contributed by atoms with Crippen molar-refractivity contribution < 1.29 is 14.0 Å². The number of likely N-dealkylation sites (tertiary alicyclic amines) is 1. The van der Waals surface area contributed by atoms with Crippen LogP contribution in [0, 0.1) is 0 Å². The largest absolute Gasteiger partial charge is 0.472 e. The van der Waals surface area contributed by atoms with E-state index < -0.39 is 6.04 Å². The first kappa shape index (κ1) is 17.3. The molecule has 0 bridgehead atoms. The average Bonchev–Trinajstić information content (AvgIpc) is 3.17. The van der Waals surface area contributed by atoms with Crippen molar-refractivity contribution in [3.63, 3.8) is 0 Å². The summed E-state index contributed by atoms with van der Waals surface area (Å²) < 4.78 is 4.92. The lowest BCUT2D eigenvalue weighted by atomic mass is 9.95. The highest BCUT2D eigenvalue weighted by Gasteiger charge is 2.30. The fraction of sp³-hybridized carbons (Fsp3) is 0.400. The van der Waals surface area contributed by atoms with Gasteiger partial charge in [-0.25, -0.2) is 0 Å². The minimum Gasteiger partial charge on any atom is -0.472 e. The Balaban J connectivity index is 1.64. The monoisotopic (exact) mass is 340 g/mol. The van der Waals surface area contributed by atoms with Crippen LogP contribution in [0.2, 0.25) is 0 Å². The molecule has 1 fully saturated rings. The molecule has 0 radical (unpaired) electrons. The maximum absolute atomic E-state index is 12.9. The van der Waals surface area contributed by atoms with E-state index in [1.807, 2.05) is 23.1 Å². The van der Waals surface area contributed by atoms with Gasteiger partial charge < -0.3 is 14.6 Å². The number of hydrogen-bond acceptors (Lipinski definition) is 3. The number of rotatable bonds is 5. The number of benzene rings is 1. The lowest BCUT2D eigenvalue weighted by molar-refractivity contribution is -0.136. The number of nitrogens with one attached hydrogen (secondary N) is 1. The van der Waals surface area contributed by atoms with Crippen LogP contribution in [-0.4, -0.2) is 35.3 Å². The summed E-state index contributed by atoms with van der Waals surface area (Å²) in [5.74, 6) is -0.302. The van der Waals surface area contributed by atoms with Crippen molar-refractivity contribution in [1.82, 2.24) is 10.2 Å². The van der Waals surface area contributed by atoms with E-state index in [-0.39, 0.29) is 17.9 Å². The molecule has 25 heavy (non-hydrogen) atoms. The molecule has 5 nitrogen and oxygen atoms in total. The third kappa shape index (κ3) is 4.29. The first-order valence-electron chi connectivity index (χ1n) is 8.82. The van der Waals surface area contributed by atoms with Crippen molar-refractivity contribution >= 4 is 11.8 Å². The molecule has 1 N–H and O–H groups in total. The van der Waals surface area contributed by atoms with Crippen LogP contribution in [0.25, 0.3) is 0 Å². The van der Waals surface area contributed by atoms with Crippen LogP contribution < -0.4 is 5.32 Å². The Kier molecular flexibility index (Phi) is 5.53. The molecule has 2 atom stereocenters. The molecule has 3 rings (SSSR count). The molecule has 1 aliphatic rings. The quantitative estimate of drug-likeness (QED) is 0.910. The maximum atomic E-state index is 12.9. The van der Waals surface area contributed by atoms with E-state index in [0.717, 1.165) is 32.2 Å². The number of carbonyl (C=O) groups excluding carboxylic acids is 2. The normalized spacial score (nSPS) is 18.6. The molecule has 1 aliphatic heterocycles. The van der Waals surface area contributed by atoms with Crippen molar-refractivity contribution in [1.29, 1.82) is 0 Å². The number of hydrogen-bond donors (Lipinski definition) is 1. The molecule has 0 aliphatic carbocycles. The molecular formula is C20H24N2O3. The fourth-order valence-corrected chi connectivity index (χ4v) is 3.37. The van der Waals surface area contributed by atoms with Gasteiger partial charge in [-0.05, 0) is 44.2 Å². The minimum atomic E-state index is -0.557. The average molecular weight is 340 g/mol. The minimum absolute atomic E-state index is 0.0162. The molecule has 1 aromatic carbocycles. The lowest BCUT2D eigenvalue weighted by Gasteiger charge is -2.37. The predicted molar refractivity (Wildman–Crippen MR) is 95.1 cm³/mol. The Labute approximate surface area is 148 Å². The van der Waals surface area contributed by atoms with E-state index in [9.17, 15) is 9.59 Å². The summed E-state index contributed by atoms with van der Waals surface area (Å²) in [4.78, 5) is 27.0. The summed E-state index contributed by atoms with van der Waals surface area (Å²) >= 11 is 0. The summed E-state index contributed by atoms with van der Waals surface area (Å²) in [6.07, 6.45) is 6.84. The molecule has 1 saturated heterocycles. The molecule has 1 aromatic heterocycles. The Morgan fingerprint density at radius 1 is 1.24 bits per heavy atom. The first-order valence-corrected chi connectivity index (χ1v) is 8.82. The summed E-state index contributed by atoms with van der Waals surface area (Å²) in [5, 5.41) is 2.77. The van der Waals surface area contributed by atoms with Gasteiger partial charge in [0, 0.05) is 12.6 Å². The SMILES string of the molecule is CC(NC(=O)c1ccoc1)C(=O)N1CCCCC1Cc1ccccc1. The van der Waals surface area contributed by atoms with E-state index in [1.54, 1.807) is 13.0 Å². The highest BCUT2D eigenvalue weighted by atomic mass is 16.3. The number of carbonyl (C=O) groups is 2. The van der Waals surface area contributed by atoms with E-state index >= 15 is 0 Å².